The normalized spacial score (nSPS) is 21.6. The molecule has 174 valence electrons. The number of esters is 1. The first-order valence-corrected chi connectivity index (χ1v) is 11.6. The molecule has 1 aliphatic heterocycles. The van der Waals surface area contributed by atoms with Gasteiger partial charge in [0.2, 0.25) is 0 Å². The Balaban J connectivity index is 1.70. The van der Waals surface area contributed by atoms with E-state index in [4.69, 9.17) is 16.3 Å². The van der Waals surface area contributed by atoms with Gasteiger partial charge in [-0.2, -0.15) is 5.10 Å². The van der Waals surface area contributed by atoms with Crippen LogP contribution in [0.3, 0.4) is 0 Å². The van der Waals surface area contributed by atoms with Crippen molar-refractivity contribution in [3.05, 3.63) is 82.3 Å². The molecule has 1 aromatic heterocycles. The lowest BCUT2D eigenvalue weighted by molar-refractivity contribution is -0.151. The summed E-state index contributed by atoms with van der Waals surface area (Å²) in [5, 5.41) is 12.1. The number of carbonyl (C=O) groups excluding carboxylic acids is 2. The van der Waals surface area contributed by atoms with Crippen LogP contribution in [-0.2, 0) is 14.3 Å². The molecule has 2 aliphatic rings. The first-order chi connectivity index (χ1) is 16.4. The molecule has 34 heavy (non-hydrogen) atoms. The number of anilines is 2. The van der Waals surface area contributed by atoms with E-state index in [-0.39, 0.29) is 11.7 Å². The molecule has 0 bridgehead atoms. The third-order valence-corrected chi connectivity index (χ3v) is 6.93. The zero-order chi connectivity index (χ0) is 24.0. The Morgan fingerprint density at radius 3 is 2.50 bits per heavy atom. The van der Waals surface area contributed by atoms with Crippen molar-refractivity contribution < 1.29 is 14.3 Å². The molecule has 0 saturated carbocycles. The SMILES string of the molecule is COC(=O)[C@@H]1C(=O)C2=C(C[C@H]1C)Nc1ccccc1N[C@@H]2c1c(C)nn(-c2ccccc2)c1Cl. The number of aryl methyl sites for hydroxylation is 1. The number of ether oxygens (including phenoxy) is 1. The van der Waals surface area contributed by atoms with Crippen molar-refractivity contribution in [1.82, 2.24) is 9.78 Å². The minimum atomic E-state index is -0.876. The smallest absolute Gasteiger partial charge is 0.316 e. The van der Waals surface area contributed by atoms with Gasteiger partial charge in [0.05, 0.1) is 35.9 Å². The van der Waals surface area contributed by atoms with E-state index in [0.29, 0.717) is 28.4 Å². The van der Waals surface area contributed by atoms with Crippen LogP contribution in [-0.4, -0.2) is 28.6 Å². The number of carbonyl (C=O) groups is 2. The Bertz CT molecular complexity index is 1310. The first kappa shape index (κ1) is 22.2. The molecule has 7 nitrogen and oxygen atoms in total. The summed E-state index contributed by atoms with van der Waals surface area (Å²) in [5.41, 5.74) is 5.17. The number of halogens is 1. The van der Waals surface area contributed by atoms with E-state index in [9.17, 15) is 9.59 Å². The summed E-state index contributed by atoms with van der Waals surface area (Å²) in [4.78, 5) is 26.4. The Labute approximate surface area is 202 Å². The number of nitrogens with zero attached hydrogens (tertiary/aromatic N) is 2. The summed E-state index contributed by atoms with van der Waals surface area (Å²) in [5.74, 6) is -1.87. The minimum absolute atomic E-state index is 0.208. The predicted molar refractivity (Wildman–Crippen MR) is 131 cm³/mol. The Morgan fingerprint density at radius 1 is 1.12 bits per heavy atom. The average molecular weight is 477 g/mol. The van der Waals surface area contributed by atoms with Gasteiger partial charge in [0.1, 0.15) is 11.1 Å². The highest BCUT2D eigenvalue weighted by atomic mass is 35.5. The number of allylic oxidation sites excluding steroid dienone is 1. The van der Waals surface area contributed by atoms with Crippen LogP contribution in [0, 0.1) is 18.8 Å². The lowest BCUT2D eigenvalue weighted by atomic mass is 9.75. The number of nitrogens with one attached hydrogen (secondary N) is 2. The standard InChI is InChI=1S/C26H25ClN4O3/c1-14-13-19-22(24(32)20(14)26(33)34-3)23(29-18-12-8-7-11-17(18)28-19)21-15(2)30-31(25(21)27)16-9-5-4-6-10-16/h4-12,14,20,23,28-29H,13H2,1-3H3/t14-,20+,23-/m1/s1. The number of Topliss-reactive ketones (excluding diaryl/α,β-unsaturated/α-hetero) is 1. The molecule has 0 radical (unpaired) electrons. The Hall–Kier alpha value is -3.58. The van der Waals surface area contributed by atoms with Crippen LogP contribution >= 0.6 is 11.6 Å². The molecule has 2 aromatic carbocycles. The van der Waals surface area contributed by atoms with Gasteiger partial charge < -0.3 is 15.4 Å². The second-order valence-corrected chi connectivity index (χ2v) is 9.08. The first-order valence-electron chi connectivity index (χ1n) is 11.2. The van der Waals surface area contributed by atoms with Crippen molar-refractivity contribution in [2.45, 2.75) is 26.3 Å². The van der Waals surface area contributed by atoms with Gasteiger partial charge in [0.15, 0.2) is 5.78 Å². The number of hydrogen-bond acceptors (Lipinski definition) is 6. The number of rotatable bonds is 3. The summed E-state index contributed by atoms with van der Waals surface area (Å²) in [7, 11) is 1.31. The van der Waals surface area contributed by atoms with Crippen molar-refractivity contribution in [1.29, 1.82) is 0 Å². The van der Waals surface area contributed by atoms with E-state index < -0.39 is 17.9 Å². The van der Waals surface area contributed by atoms with E-state index >= 15 is 0 Å². The third kappa shape index (κ3) is 3.56. The second-order valence-electron chi connectivity index (χ2n) is 8.72. The summed E-state index contributed by atoms with van der Waals surface area (Å²) in [6.07, 6.45) is 0.525. The monoisotopic (exact) mass is 476 g/mol. The van der Waals surface area contributed by atoms with Crippen molar-refractivity contribution in [3.8, 4) is 5.69 Å². The lowest BCUT2D eigenvalue weighted by Crippen LogP contribution is -2.39. The quantitative estimate of drug-likeness (QED) is 0.405. The highest BCUT2D eigenvalue weighted by Gasteiger charge is 2.45. The fraction of sp³-hybridized carbons (Fsp3) is 0.269. The molecule has 0 unspecified atom stereocenters. The molecule has 0 spiro atoms. The number of hydrogen-bond donors (Lipinski definition) is 2. The number of fused-ring (bicyclic) bond motifs is 1. The molecule has 0 fully saturated rings. The fourth-order valence-electron chi connectivity index (χ4n) is 4.93. The van der Waals surface area contributed by atoms with Crippen LogP contribution in [0.2, 0.25) is 5.15 Å². The molecule has 8 heteroatoms. The van der Waals surface area contributed by atoms with Crippen molar-refractivity contribution in [3.63, 3.8) is 0 Å². The summed E-state index contributed by atoms with van der Waals surface area (Å²) < 4.78 is 6.66. The van der Waals surface area contributed by atoms with Gasteiger partial charge >= 0.3 is 5.97 Å². The Kier molecular flexibility index (Phi) is 5.65. The van der Waals surface area contributed by atoms with Crippen molar-refractivity contribution in [2.24, 2.45) is 11.8 Å². The molecule has 5 rings (SSSR count). The maximum Gasteiger partial charge on any atom is 0.316 e. The van der Waals surface area contributed by atoms with Crippen LogP contribution in [0.5, 0.6) is 0 Å². The third-order valence-electron chi connectivity index (χ3n) is 6.56. The summed E-state index contributed by atoms with van der Waals surface area (Å²) in [6, 6.07) is 16.8. The maximum absolute atomic E-state index is 13.8. The molecule has 0 amide bonds. The van der Waals surface area contributed by atoms with Crippen LogP contribution in [0.1, 0.15) is 30.6 Å². The zero-order valence-electron chi connectivity index (χ0n) is 19.1. The van der Waals surface area contributed by atoms with Gasteiger partial charge in [-0.15, -0.1) is 0 Å². The number of methoxy groups -OCH3 is 1. The van der Waals surface area contributed by atoms with Crippen LogP contribution < -0.4 is 10.6 Å². The van der Waals surface area contributed by atoms with E-state index in [1.165, 1.54) is 7.11 Å². The van der Waals surface area contributed by atoms with E-state index in [0.717, 1.165) is 22.8 Å². The molecular formula is C26H25ClN4O3. The van der Waals surface area contributed by atoms with Gasteiger partial charge in [-0.25, -0.2) is 4.68 Å². The van der Waals surface area contributed by atoms with Gasteiger partial charge in [-0.3, -0.25) is 9.59 Å². The predicted octanol–water partition coefficient (Wildman–Crippen LogP) is 5.07. The number of ketones is 1. The highest BCUT2D eigenvalue weighted by molar-refractivity contribution is 6.31. The second kappa shape index (κ2) is 8.65. The molecule has 2 heterocycles. The molecule has 3 atom stereocenters. The highest BCUT2D eigenvalue weighted by Crippen LogP contribution is 2.46. The van der Waals surface area contributed by atoms with Gasteiger partial charge in [0.25, 0.3) is 0 Å². The van der Waals surface area contributed by atoms with E-state index in [2.05, 4.69) is 15.7 Å². The molecule has 1 aliphatic carbocycles. The number of para-hydroxylation sites is 3. The van der Waals surface area contributed by atoms with Crippen LogP contribution in [0.4, 0.5) is 11.4 Å². The van der Waals surface area contributed by atoms with Crippen LogP contribution in [0.15, 0.2) is 65.9 Å². The maximum atomic E-state index is 13.8. The largest absolute Gasteiger partial charge is 0.468 e. The van der Waals surface area contributed by atoms with E-state index in [1.807, 2.05) is 68.4 Å². The fourth-order valence-corrected chi connectivity index (χ4v) is 5.31. The minimum Gasteiger partial charge on any atom is -0.468 e. The van der Waals surface area contributed by atoms with Gasteiger partial charge in [0, 0.05) is 16.8 Å². The summed E-state index contributed by atoms with van der Waals surface area (Å²) >= 11 is 6.93. The average Bonchev–Trinajstić information content (AvgIpc) is 3.02. The number of aromatic nitrogens is 2. The lowest BCUT2D eigenvalue weighted by Gasteiger charge is -2.32. The topological polar surface area (TPSA) is 85.2 Å². The molecular weight excluding hydrogens is 452 g/mol. The summed E-state index contributed by atoms with van der Waals surface area (Å²) in [6.45, 7) is 3.77. The van der Waals surface area contributed by atoms with Gasteiger partial charge in [-0.1, -0.05) is 48.9 Å². The van der Waals surface area contributed by atoms with Gasteiger partial charge in [-0.05, 0) is 43.5 Å². The van der Waals surface area contributed by atoms with E-state index in [1.54, 1.807) is 4.68 Å². The van der Waals surface area contributed by atoms with Crippen LogP contribution in [0.25, 0.3) is 5.69 Å². The molecule has 3 aromatic rings. The Morgan fingerprint density at radius 2 is 1.79 bits per heavy atom. The molecule has 0 saturated heterocycles. The zero-order valence-corrected chi connectivity index (χ0v) is 19.9. The van der Waals surface area contributed by atoms with Crippen molar-refractivity contribution in [2.75, 3.05) is 17.7 Å². The van der Waals surface area contributed by atoms with Crippen molar-refractivity contribution >= 4 is 34.7 Å². The number of benzene rings is 2. The molecule has 2 N–H and O–H groups in total.